The van der Waals surface area contributed by atoms with Gasteiger partial charge in [0.2, 0.25) is 5.88 Å². The van der Waals surface area contributed by atoms with Crippen molar-refractivity contribution in [3.8, 4) is 11.6 Å². The standard InChI is InChI=1S/C21H20ClN5O2S/c1-27(2)8-9-29-14-5-6-17(16(22)11-14)25-21-26-20(28)18(30-21)10-13-12-24-19-15(13)4-3-7-23-19/h3-7,10-12,28H,8-9H2,1-2H3,(H,25,26)/b13-10+. The number of fused-ring (bicyclic) bond motifs is 1. The maximum atomic E-state index is 10.3. The zero-order valence-electron chi connectivity index (χ0n) is 16.5. The molecule has 1 aliphatic rings. The van der Waals surface area contributed by atoms with Crippen molar-refractivity contribution in [2.24, 2.45) is 4.99 Å². The summed E-state index contributed by atoms with van der Waals surface area (Å²) in [4.78, 5) is 15.4. The number of aromatic hydroxyl groups is 1. The summed E-state index contributed by atoms with van der Waals surface area (Å²) in [6.45, 7) is 1.40. The molecule has 0 saturated carbocycles. The Morgan fingerprint density at radius 1 is 1.30 bits per heavy atom. The van der Waals surface area contributed by atoms with Crippen LogP contribution < -0.4 is 10.1 Å². The molecule has 0 spiro atoms. The van der Waals surface area contributed by atoms with E-state index in [1.807, 2.05) is 49.3 Å². The van der Waals surface area contributed by atoms with Crippen molar-refractivity contribution in [1.29, 1.82) is 0 Å². The predicted octanol–water partition coefficient (Wildman–Crippen LogP) is 4.84. The lowest BCUT2D eigenvalue weighted by molar-refractivity contribution is 0.261. The second-order valence-electron chi connectivity index (χ2n) is 6.86. The minimum absolute atomic E-state index is 0.0551. The molecule has 0 radical (unpaired) electrons. The number of nitrogens with zero attached hydrogens (tertiary/aromatic N) is 4. The second kappa shape index (κ2) is 8.83. The van der Waals surface area contributed by atoms with E-state index in [0.29, 0.717) is 38.9 Å². The van der Waals surface area contributed by atoms with Gasteiger partial charge in [0.15, 0.2) is 10.9 Å². The quantitative estimate of drug-likeness (QED) is 0.546. The van der Waals surface area contributed by atoms with Gasteiger partial charge in [0.1, 0.15) is 12.4 Å². The summed E-state index contributed by atoms with van der Waals surface area (Å²) in [5.74, 6) is 1.32. The number of ether oxygens (including phenoxy) is 1. The SMILES string of the molecule is CN(C)CCOc1ccc(Nc2nc(O)c(/C=C3\C=Nc4ncccc43)s2)c(Cl)c1. The number of hydrogen-bond donors (Lipinski definition) is 2. The maximum absolute atomic E-state index is 10.3. The molecule has 2 N–H and O–H groups in total. The number of pyridine rings is 1. The van der Waals surface area contributed by atoms with Crippen molar-refractivity contribution in [3.05, 3.63) is 52.0 Å². The van der Waals surface area contributed by atoms with Gasteiger partial charge in [-0.2, -0.15) is 4.98 Å². The molecule has 0 bridgehead atoms. The molecule has 30 heavy (non-hydrogen) atoms. The summed E-state index contributed by atoms with van der Waals surface area (Å²) in [5.41, 5.74) is 2.48. The highest BCUT2D eigenvalue weighted by molar-refractivity contribution is 7.16. The van der Waals surface area contributed by atoms with Crippen LogP contribution in [0.3, 0.4) is 0 Å². The fourth-order valence-corrected chi connectivity index (χ4v) is 3.84. The number of benzene rings is 1. The number of likely N-dealkylation sites (N-methyl/N-ethyl adjacent to an activating group) is 1. The highest BCUT2D eigenvalue weighted by Crippen LogP contribution is 2.37. The van der Waals surface area contributed by atoms with Crippen LogP contribution in [0.5, 0.6) is 11.6 Å². The molecular weight excluding hydrogens is 422 g/mol. The Morgan fingerprint density at radius 3 is 2.97 bits per heavy atom. The molecule has 0 saturated heterocycles. The van der Waals surface area contributed by atoms with Gasteiger partial charge in [0.25, 0.3) is 0 Å². The second-order valence-corrected chi connectivity index (χ2v) is 8.30. The molecule has 2 aromatic heterocycles. The highest BCUT2D eigenvalue weighted by Gasteiger charge is 2.16. The lowest BCUT2D eigenvalue weighted by Crippen LogP contribution is -2.19. The first-order chi connectivity index (χ1) is 14.5. The number of aliphatic imine (C=N–C) groups is 1. The Bertz CT molecular complexity index is 1130. The van der Waals surface area contributed by atoms with Crippen molar-refractivity contribution in [2.75, 3.05) is 32.6 Å². The van der Waals surface area contributed by atoms with Crippen molar-refractivity contribution < 1.29 is 9.84 Å². The van der Waals surface area contributed by atoms with Crippen LogP contribution in [-0.2, 0) is 0 Å². The topological polar surface area (TPSA) is 82.9 Å². The average Bonchev–Trinajstić information content (AvgIpc) is 3.27. The van der Waals surface area contributed by atoms with Crippen molar-refractivity contribution >= 4 is 57.4 Å². The van der Waals surface area contributed by atoms with E-state index in [1.165, 1.54) is 11.3 Å². The summed E-state index contributed by atoms with van der Waals surface area (Å²) in [7, 11) is 3.98. The van der Waals surface area contributed by atoms with Crippen molar-refractivity contribution in [1.82, 2.24) is 14.9 Å². The van der Waals surface area contributed by atoms with E-state index in [0.717, 1.165) is 17.7 Å². The third kappa shape index (κ3) is 4.62. The van der Waals surface area contributed by atoms with Crippen molar-refractivity contribution in [2.45, 2.75) is 0 Å². The van der Waals surface area contributed by atoms with E-state index in [1.54, 1.807) is 18.5 Å². The minimum atomic E-state index is -0.0551. The number of allylic oxidation sites excluding steroid dienone is 1. The molecule has 0 atom stereocenters. The molecule has 0 unspecified atom stereocenters. The van der Waals surface area contributed by atoms with Crippen LogP contribution in [0.25, 0.3) is 11.6 Å². The van der Waals surface area contributed by atoms with Gasteiger partial charge in [-0.1, -0.05) is 22.9 Å². The van der Waals surface area contributed by atoms with Crippen LogP contribution in [0.1, 0.15) is 10.4 Å². The normalized spacial score (nSPS) is 13.8. The van der Waals surface area contributed by atoms with E-state index in [-0.39, 0.29) is 5.88 Å². The van der Waals surface area contributed by atoms with E-state index < -0.39 is 0 Å². The minimum Gasteiger partial charge on any atom is -0.492 e. The number of hydrogen-bond acceptors (Lipinski definition) is 8. The van der Waals surface area contributed by atoms with Gasteiger partial charge >= 0.3 is 0 Å². The summed E-state index contributed by atoms with van der Waals surface area (Å²) in [5, 5.41) is 14.5. The molecule has 154 valence electrons. The first kappa shape index (κ1) is 20.3. The molecular formula is C21H20ClN5O2S. The predicted molar refractivity (Wildman–Crippen MR) is 123 cm³/mol. The molecule has 9 heteroatoms. The molecule has 3 heterocycles. The van der Waals surface area contributed by atoms with Gasteiger partial charge in [-0.3, -0.25) is 0 Å². The number of thiazole rings is 1. The third-order valence-electron chi connectivity index (χ3n) is 4.33. The first-order valence-corrected chi connectivity index (χ1v) is 10.4. The lowest BCUT2D eigenvalue weighted by atomic mass is 10.1. The van der Waals surface area contributed by atoms with Gasteiger partial charge in [-0.25, -0.2) is 9.98 Å². The van der Waals surface area contributed by atoms with Gasteiger partial charge in [0.05, 0.1) is 15.6 Å². The summed E-state index contributed by atoms with van der Waals surface area (Å²) in [6.07, 6.45) is 5.28. The highest BCUT2D eigenvalue weighted by atomic mass is 35.5. The molecule has 7 nitrogen and oxygen atoms in total. The largest absolute Gasteiger partial charge is 0.492 e. The van der Waals surface area contributed by atoms with Crippen LogP contribution in [0.2, 0.25) is 5.02 Å². The third-order valence-corrected chi connectivity index (χ3v) is 5.55. The molecule has 1 aliphatic heterocycles. The van der Waals surface area contributed by atoms with Gasteiger partial charge in [-0.05, 0) is 44.4 Å². The average molecular weight is 442 g/mol. The number of nitrogens with one attached hydrogen (secondary N) is 1. The number of anilines is 2. The molecule has 4 rings (SSSR count). The summed E-state index contributed by atoms with van der Waals surface area (Å²) in [6, 6.07) is 9.24. The zero-order chi connectivity index (χ0) is 21.1. The monoisotopic (exact) mass is 441 g/mol. The van der Waals surface area contributed by atoms with Gasteiger partial charge in [0, 0.05) is 36.2 Å². The van der Waals surface area contributed by atoms with Crippen LogP contribution in [0, 0.1) is 0 Å². The Labute approximate surface area is 183 Å². The summed E-state index contributed by atoms with van der Waals surface area (Å²) >= 11 is 7.71. The smallest absolute Gasteiger partial charge is 0.231 e. The number of aromatic nitrogens is 2. The van der Waals surface area contributed by atoms with E-state index in [4.69, 9.17) is 16.3 Å². The van der Waals surface area contributed by atoms with E-state index in [9.17, 15) is 5.11 Å². The Balaban J connectivity index is 1.48. The van der Waals surface area contributed by atoms with Crippen LogP contribution in [-0.4, -0.2) is 53.4 Å². The molecule has 0 amide bonds. The van der Waals surface area contributed by atoms with Crippen LogP contribution >= 0.6 is 22.9 Å². The fraction of sp³-hybridized carbons (Fsp3) is 0.190. The van der Waals surface area contributed by atoms with Crippen LogP contribution in [0.4, 0.5) is 16.6 Å². The fourth-order valence-electron chi connectivity index (χ4n) is 2.80. The zero-order valence-corrected chi connectivity index (χ0v) is 18.0. The van der Waals surface area contributed by atoms with Gasteiger partial charge in [-0.15, -0.1) is 0 Å². The van der Waals surface area contributed by atoms with Crippen LogP contribution in [0.15, 0.2) is 41.5 Å². The van der Waals surface area contributed by atoms with E-state index >= 15 is 0 Å². The Morgan fingerprint density at radius 2 is 2.17 bits per heavy atom. The summed E-state index contributed by atoms with van der Waals surface area (Å²) < 4.78 is 5.70. The Kier molecular flexibility index (Phi) is 5.98. The molecule has 0 fully saturated rings. The first-order valence-electron chi connectivity index (χ1n) is 9.24. The number of halogens is 1. The van der Waals surface area contributed by atoms with Crippen molar-refractivity contribution in [3.63, 3.8) is 0 Å². The molecule has 0 aliphatic carbocycles. The maximum Gasteiger partial charge on any atom is 0.231 e. The molecule has 1 aromatic carbocycles. The number of rotatable bonds is 7. The van der Waals surface area contributed by atoms with Gasteiger partial charge < -0.3 is 20.1 Å². The molecule has 3 aromatic rings. The van der Waals surface area contributed by atoms with E-state index in [2.05, 4.69) is 20.3 Å². The Hall–Kier alpha value is -2.94. The lowest BCUT2D eigenvalue weighted by Gasteiger charge is -2.12.